The van der Waals surface area contributed by atoms with Crippen molar-refractivity contribution in [2.24, 2.45) is 5.73 Å². The fourth-order valence-corrected chi connectivity index (χ4v) is 2.44. The second kappa shape index (κ2) is 7.61. The fraction of sp³-hybridized carbons (Fsp3) is 0.917. The Kier molecular flexibility index (Phi) is 6.39. The van der Waals surface area contributed by atoms with Gasteiger partial charge in [-0.05, 0) is 12.8 Å². The van der Waals surface area contributed by atoms with Crippen LogP contribution < -0.4 is 5.73 Å². The van der Waals surface area contributed by atoms with E-state index in [0.717, 1.165) is 25.9 Å². The molecule has 2 unspecified atom stereocenters. The maximum absolute atomic E-state index is 8.67. The standard InChI is InChI=1S/C12H23N3O/c1-16-10-9-15(8-4-7-13)12-6-3-2-5-11(12)14/h11-12H,2-6,8-10,14H2,1H3. The Morgan fingerprint density at radius 3 is 2.75 bits per heavy atom. The number of nitriles is 1. The summed E-state index contributed by atoms with van der Waals surface area (Å²) < 4.78 is 5.11. The summed E-state index contributed by atoms with van der Waals surface area (Å²) in [6.07, 6.45) is 5.35. The summed E-state index contributed by atoms with van der Waals surface area (Å²) >= 11 is 0. The van der Waals surface area contributed by atoms with Crippen molar-refractivity contribution < 1.29 is 4.74 Å². The lowest BCUT2D eigenvalue weighted by Crippen LogP contribution is -2.50. The van der Waals surface area contributed by atoms with Crippen LogP contribution in [0, 0.1) is 11.3 Å². The molecule has 2 atom stereocenters. The van der Waals surface area contributed by atoms with Gasteiger partial charge in [-0.2, -0.15) is 5.26 Å². The number of rotatable bonds is 6. The van der Waals surface area contributed by atoms with Gasteiger partial charge in [0.2, 0.25) is 0 Å². The topological polar surface area (TPSA) is 62.3 Å². The molecular formula is C12H23N3O. The van der Waals surface area contributed by atoms with Crippen molar-refractivity contribution in [2.75, 3.05) is 26.8 Å². The summed E-state index contributed by atoms with van der Waals surface area (Å²) in [6.45, 7) is 2.42. The average Bonchev–Trinajstić information content (AvgIpc) is 2.31. The highest BCUT2D eigenvalue weighted by atomic mass is 16.5. The molecule has 2 N–H and O–H groups in total. The first-order valence-electron chi connectivity index (χ1n) is 6.15. The number of nitrogens with zero attached hydrogens (tertiary/aromatic N) is 2. The zero-order chi connectivity index (χ0) is 11.8. The first-order valence-corrected chi connectivity index (χ1v) is 6.15. The molecule has 16 heavy (non-hydrogen) atoms. The smallest absolute Gasteiger partial charge is 0.0635 e. The van der Waals surface area contributed by atoms with Crippen molar-refractivity contribution in [1.29, 1.82) is 5.26 Å². The molecule has 1 fully saturated rings. The molecule has 1 aliphatic carbocycles. The van der Waals surface area contributed by atoms with Crippen molar-refractivity contribution in [3.63, 3.8) is 0 Å². The van der Waals surface area contributed by atoms with Crippen molar-refractivity contribution in [2.45, 2.75) is 44.2 Å². The largest absolute Gasteiger partial charge is 0.383 e. The molecule has 1 rings (SSSR count). The van der Waals surface area contributed by atoms with Gasteiger partial charge in [-0.3, -0.25) is 4.90 Å². The van der Waals surface area contributed by atoms with Gasteiger partial charge in [-0.15, -0.1) is 0 Å². The molecule has 0 amide bonds. The van der Waals surface area contributed by atoms with E-state index in [0.29, 0.717) is 19.1 Å². The predicted octanol–water partition coefficient (Wildman–Crippen LogP) is 1.12. The van der Waals surface area contributed by atoms with Crippen molar-refractivity contribution in [3.8, 4) is 6.07 Å². The molecule has 0 radical (unpaired) electrons. The van der Waals surface area contributed by atoms with Crippen LogP contribution in [0.15, 0.2) is 0 Å². The molecule has 0 aliphatic heterocycles. The summed E-state index contributed by atoms with van der Waals surface area (Å²) in [6, 6.07) is 2.91. The molecule has 0 aromatic heterocycles. The molecule has 0 saturated heterocycles. The minimum atomic E-state index is 0.268. The van der Waals surface area contributed by atoms with E-state index in [1.807, 2.05) is 0 Å². The van der Waals surface area contributed by atoms with Crippen LogP contribution in [0.25, 0.3) is 0 Å². The molecule has 1 saturated carbocycles. The van der Waals surface area contributed by atoms with Crippen LogP contribution in [0.5, 0.6) is 0 Å². The minimum absolute atomic E-state index is 0.268. The Morgan fingerprint density at radius 1 is 1.38 bits per heavy atom. The fourth-order valence-electron chi connectivity index (χ4n) is 2.44. The quantitative estimate of drug-likeness (QED) is 0.736. The van der Waals surface area contributed by atoms with Gasteiger partial charge < -0.3 is 10.5 Å². The van der Waals surface area contributed by atoms with Crippen LogP contribution in [-0.2, 0) is 4.74 Å². The number of nitrogens with two attached hydrogens (primary N) is 1. The summed E-state index contributed by atoms with van der Waals surface area (Å²) in [5.74, 6) is 0. The Morgan fingerprint density at radius 2 is 2.12 bits per heavy atom. The van der Waals surface area contributed by atoms with Crippen molar-refractivity contribution in [1.82, 2.24) is 4.90 Å². The summed E-state index contributed by atoms with van der Waals surface area (Å²) in [5, 5.41) is 8.67. The Bertz CT molecular complexity index is 227. The lowest BCUT2D eigenvalue weighted by atomic mass is 9.89. The highest BCUT2D eigenvalue weighted by Gasteiger charge is 2.26. The lowest BCUT2D eigenvalue weighted by Gasteiger charge is -2.38. The molecule has 0 aromatic rings. The lowest BCUT2D eigenvalue weighted by molar-refractivity contribution is 0.0940. The Hall–Kier alpha value is -0.630. The maximum atomic E-state index is 8.67. The number of hydrogen-bond acceptors (Lipinski definition) is 4. The minimum Gasteiger partial charge on any atom is -0.383 e. The highest BCUT2D eigenvalue weighted by molar-refractivity contribution is 4.87. The summed E-state index contributed by atoms with van der Waals surface area (Å²) in [7, 11) is 1.71. The third-order valence-corrected chi connectivity index (χ3v) is 3.34. The van der Waals surface area contributed by atoms with Gasteiger partial charge >= 0.3 is 0 Å². The van der Waals surface area contributed by atoms with E-state index in [1.165, 1.54) is 12.8 Å². The van der Waals surface area contributed by atoms with Crippen LogP contribution in [0.1, 0.15) is 32.1 Å². The van der Waals surface area contributed by atoms with E-state index in [2.05, 4.69) is 11.0 Å². The van der Waals surface area contributed by atoms with E-state index in [1.54, 1.807) is 7.11 Å². The Balaban J connectivity index is 2.47. The van der Waals surface area contributed by atoms with Crippen LogP contribution in [0.2, 0.25) is 0 Å². The normalized spacial score (nSPS) is 25.6. The molecule has 1 aliphatic rings. The first-order chi connectivity index (χ1) is 7.79. The Labute approximate surface area is 98.4 Å². The molecule has 0 heterocycles. The van der Waals surface area contributed by atoms with E-state index in [-0.39, 0.29) is 6.04 Å². The molecule has 0 spiro atoms. The molecule has 92 valence electrons. The second-order valence-corrected chi connectivity index (χ2v) is 4.45. The van der Waals surface area contributed by atoms with E-state index in [9.17, 15) is 0 Å². The zero-order valence-corrected chi connectivity index (χ0v) is 10.2. The van der Waals surface area contributed by atoms with Crippen molar-refractivity contribution >= 4 is 0 Å². The molecule has 0 bridgehead atoms. The molecule has 0 aromatic carbocycles. The predicted molar refractivity (Wildman–Crippen MR) is 63.9 cm³/mol. The number of hydrogen-bond donors (Lipinski definition) is 1. The first kappa shape index (κ1) is 13.4. The van der Waals surface area contributed by atoms with Gasteiger partial charge in [-0.25, -0.2) is 0 Å². The third-order valence-electron chi connectivity index (χ3n) is 3.34. The summed E-state index contributed by atoms with van der Waals surface area (Å²) in [5.41, 5.74) is 6.16. The van der Waals surface area contributed by atoms with Crippen LogP contribution >= 0.6 is 0 Å². The van der Waals surface area contributed by atoms with Crippen LogP contribution in [0.3, 0.4) is 0 Å². The number of ether oxygens (including phenoxy) is 1. The van der Waals surface area contributed by atoms with Gasteiger partial charge in [0, 0.05) is 38.7 Å². The van der Waals surface area contributed by atoms with E-state index in [4.69, 9.17) is 15.7 Å². The maximum Gasteiger partial charge on any atom is 0.0635 e. The average molecular weight is 225 g/mol. The monoisotopic (exact) mass is 225 g/mol. The molecular weight excluding hydrogens is 202 g/mol. The van der Waals surface area contributed by atoms with Gasteiger partial charge in [-0.1, -0.05) is 12.8 Å². The van der Waals surface area contributed by atoms with E-state index >= 15 is 0 Å². The van der Waals surface area contributed by atoms with Gasteiger partial charge in [0.15, 0.2) is 0 Å². The number of methoxy groups -OCH3 is 1. The second-order valence-electron chi connectivity index (χ2n) is 4.45. The highest BCUT2D eigenvalue weighted by Crippen LogP contribution is 2.21. The van der Waals surface area contributed by atoms with Crippen molar-refractivity contribution in [3.05, 3.63) is 0 Å². The van der Waals surface area contributed by atoms with Gasteiger partial charge in [0.05, 0.1) is 12.7 Å². The van der Waals surface area contributed by atoms with Crippen LogP contribution in [-0.4, -0.2) is 43.8 Å². The van der Waals surface area contributed by atoms with Gasteiger partial charge in [0.1, 0.15) is 0 Å². The molecule has 4 nitrogen and oxygen atoms in total. The van der Waals surface area contributed by atoms with Crippen LogP contribution in [0.4, 0.5) is 0 Å². The zero-order valence-electron chi connectivity index (χ0n) is 10.2. The molecule has 4 heteroatoms. The van der Waals surface area contributed by atoms with Gasteiger partial charge in [0.25, 0.3) is 0 Å². The third kappa shape index (κ3) is 4.09. The van der Waals surface area contributed by atoms with E-state index < -0.39 is 0 Å². The SMILES string of the molecule is COCCN(CCC#N)C1CCCCC1N. The summed E-state index contributed by atoms with van der Waals surface area (Å²) in [4.78, 5) is 2.33.